The monoisotopic (exact) mass is 318 g/mol. The lowest BCUT2D eigenvalue weighted by atomic mass is 9.97. The summed E-state index contributed by atoms with van der Waals surface area (Å²) in [5.41, 5.74) is 0.728. The van der Waals surface area contributed by atoms with Gasteiger partial charge in [0, 0.05) is 31.3 Å². The second-order valence-electron chi connectivity index (χ2n) is 5.30. The van der Waals surface area contributed by atoms with Crippen LogP contribution in [-0.4, -0.2) is 41.9 Å². The Morgan fingerprint density at radius 1 is 1.26 bits per heavy atom. The zero-order valence-electron chi connectivity index (χ0n) is 12.8. The molecule has 0 N–H and O–H groups in total. The quantitative estimate of drug-likeness (QED) is 0.367. The van der Waals surface area contributed by atoms with Gasteiger partial charge >= 0.3 is 5.97 Å². The van der Waals surface area contributed by atoms with Crippen molar-refractivity contribution >= 4 is 23.6 Å². The van der Waals surface area contributed by atoms with Crippen molar-refractivity contribution in [2.75, 3.05) is 20.2 Å². The maximum atomic E-state index is 12.1. The van der Waals surface area contributed by atoms with Crippen LogP contribution in [0.25, 0.3) is 6.08 Å². The van der Waals surface area contributed by atoms with E-state index in [2.05, 4.69) is 0 Å². The summed E-state index contributed by atoms with van der Waals surface area (Å²) >= 11 is 0. The fourth-order valence-corrected chi connectivity index (χ4v) is 2.48. The fourth-order valence-electron chi connectivity index (χ4n) is 2.48. The zero-order chi connectivity index (χ0) is 16.8. The maximum absolute atomic E-state index is 12.1. The number of ether oxygens (including phenoxy) is 1. The molecule has 0 unspecified atom stereocenters. The van der Waals surface area contributed by atoms with E-state index in [0.717, 1.165) is 0 Å². The van der Waals surface area contributed by atoms with Gasteiger partial charge in [0.25, 0.3) is 5.69 Å². The van der Waals surface area contributed by atoms with Crippen LogP contribution in [0.15, 0.2) is 30.3 Å². The molecule has 1 aromatic rings. The first kappa shape index (κ1) is 16.7. The number of carbonyl (C=O) groups excluding carboxylic acids is 2. The van der Waals surface area contributed by atoms with Gasteiger partial charge in [0.15, 0.2) is 0 Å². The lowest BCUT2D eigenvalue weighted by Crippen LogP contribution is -2.39. The number of rotatable bonds is 4. The largest absolute Gasteiger partial charge is 0.469 e. The lowest BCUT2D eigenvalue weighted by Gasteiger charge is -2.29. The molecule has 0 aliphatic carbocycles. The number of carbonyl (C=O) groups is 2. The van der Waals surface area contributed by atoms with Crippen LogP contribution < -0.4 is 0 Å². The van der Waals surface area contributed by atoms with Gasteiger partial charge in [-0.05, 0) is 36.6 Å². The molecular formula is C16H18N2O5. The van der Waals surface area contributed by atoms with Crippen molar-refractivity contribution in [1.29, 1.82) is 0 Å². The Balaban J connectivity index is 1.89. The molecule has 23 heavy (non-hydrogen) atoms. The Morgan fingerprint density at radius 3 is 2.39 bits per heavy atom. The maximum Gasteiger partial charge on any atom is 0.308 e. The van der Waals surface area contributed by atoms with E-state index >= 15 is 0 Å². The number of benzene rings is 1. The highest BCUT2D eigenvalue weighted by Gasteiger charge is 2.26. The number of nitro benzene ring substituents is 1. The van der Waals surface area contributed by atoms with Gasteiger partial charge in [0.1, 0.15) is 0 Å². The third-order valence-corrected chi connectivity index (χ3v) is 3.86. The standard InChI is InChI=1S/C16H18N2O5/c1-23-16(20)13-8-10-17(11-9-13)15(19)7-4-12-2-5-14(6-3-12)18(21)22/h2-7,13H,8-11H2,1H3. The second kappa shape index (κ2) is 7.53. The number of esters is 1. The van der Waals surface area contributed by atoms with Crippen LogP contribution in [0.5, 0.6) is 0 Å². The van der Waals surface area contributed by atoms with Crippen molar-refractivity contribution in [1.82, 2.24) is 4.90 Å². The summed E-state index contributed by atoms with van der Waals surface area (Å²) in [6.45, 7) is 1.03. The lowest BCUT2D eigenvalue weighted by molar-refractivity contribution is -0.384. The average molecular weight is 318 g/mol. The van der Waals surface area contributed by atoms with E-state index in [0.29, 0.717) is 31.5 Å². The van der Waals surface area contributed by atoms with Crippen LogP contribution in [0.3, 0.4) is 0 Å². The number of nitrogens with zero attached hydrogens (tertiary/aromatic N) is 2. The average Bonchev–Trinajstić information content (AvgIpc) is 2.59. The number of amides is 1. The normalized spacial score (nSPS) is 15.6. The topological polar surface area (TPSA) is 89.8 Å². The van der Waals surface area contributed by atoms with Gasteiger partial charge in [-0.25, -0.2) is 0 Å². The molecule has 0 radical (unpaired) electrons. The first-order valence-corrected chi connectivity index (χ1v) is 7.30. The van der Waals surface area contributed by atoms with Crippen LogP contribution in [0.4, 0.5) is 5.69 Å². The summed E-state index contributed by atoms with van der Waals surface area (Å²) in [7, 11) is 1.37. The zero-order valence-corrected chi connectivity index (χ0v) is 12.8. The second-order valence-corrected chi connectivity index (χ2v) is 5.30. The van der Waals surface area contributed by atoms with Gasteiger partial charge in [0.2, 0.25) is 5.91 Å². The highest BCUT2D eigenvalue weighted by Crippen LogP contribution is 2.19. The van der Waals surface area contributed by atoms with Gasteiger partial charge in [-0.1, -0.05) is 0 Å². The van der Waals surface area contributed by atoms with Crippen molar-refractivity contribution in [3.63, 3.8) is 0 Å². The predicted molar refractivity (Wildman–Crippen MR) is 83.5 cm³/mol. The van der Waals surface area contributed by atoms with Crippen LogP contribution >= 0.6 is 0 Å². The third-order valence-electron chi connectivity index (χ3n) is 3.86. The predicted octanol–water partition coefficient (Wildman–Crippen LogP) is 2.02. The molecule has 0 aromatic heterocycles. The Hall–Kier alpha value is -2.70. The third kappa shape index (κ3) is 4.38. The SMILES string of the molecule is COC(=O)C1CCN(C(=O)C=Cc2ccc([N+](=O)[O-])cc2)CC1. The minimum absolute atomic E-state index is 0.0124. The van der Waals surface area contributed by atoms with E-state index in [1.165, 1.54) is 25.3 Å². The number of hydrogen-bond donors (Lipinski definition) is 0. The molecule has 7 nitrogen and oxygen atoms in total. The first-order chi connectivity index (χ1) is 11.0. The molecule has 0 saturated carbocycles. The van der Waals surface area contributed by atoms with E-state index in [-0.39, 0.29) is 23.5 Å². The highest BCUT2D eigenvalue weighted by atomic mass is 16.6. The molecule has 1 heterocycles. The van der Waals surface area contributed by atoms with Gasteiger partial charge in [0.05, 0.1) is 18.0 Å². The van der Waals surface area contributed by atoms with Crippen LogP contribution in [-0.2, 0) is 14.3 Å². The van der Waals surface area contributed by atoms with Gasteiger partial charge in [-0.3, -0.25) is 19.7 Å². The van der Waals surface area contributed by atoms with E-state index in [9.17, 15) is 19.7 Å². The summed E-state index contributed by atoms with van der Waals surface area (Å²) in [6.07, 6.45) is 4.27. The van der Waals surface area contributed by atoms with E-state index in [4.69, 9.17) is 4.74 Å². The minimum Gasteiger partial charge on any atom is -0.469 e. The Morgan fingerprint density at radius 2 is 1.87 bits per heavy atom. The summed E-state index contributed by atoms with van der Waals surface area (Å²) < 4.78 is 4.71. The van der Waals surface area contributed by atoms with Gasteiger partial charge < -0.3 is 9.64 Å². The Labute approximate surface area is 133 Å². The molecule has 0 bridgehead atoms. The summed E-state index contributed by atoms with van der Waals surface area (Å²) in [6, 6.07) is 5.97. The number of piperidine rings is 1. The molecule has 0 atom stereocenters. The number of hydrogen-bond acceptors (Lipinski definition) is 5. The molecule has 7 heteroatoms. The molecule has 2 rings (SSSR count). The minimum atomic E-state index is -0.468. The Bertz CT molecular complexity index is 616. The number of nitro groups is 1. The van der Waals surface area contributed by atoms with Crippen LogP contribution in [0.1, 0.15) is 18.4 Å². The molecule has 122 valence electrons. The summed E-state index contributed by atoms with van der Waals surface area (Å²) in [5, 5.41) is 10.6. The van der Waals surface area contributed by atoms with Crippen molar-refractivity contribution in [2.24, 2.45) is 5.92 Å². The van der Waals surface area contributed by atoms with Crippen molar-refractivity contribution in [3.05, 3.63) is 46.0 Å². The molecule has 1 aliphatic heterocycles. The molecular weight excluding hydrogens is 300 g/mol. The van der Waals surface area contributed by atoms with Gasteiger partial charge in [-0.2, -0.15) is 0 Å². The first-order valence-electron chi connectivity index (χ1n) is 7.30. The number of non-ortho nitro benzene ring substituents is 1. The summed E-state index contributed by atoms with van der Waals surface area (Å²) in [4.78, 5) is 35.3. The van der Waals surface area contributed by atoms with Crippen molar-refractivity contribution in [3.8, 4) is 0 Å². The molecule has 1 fully saturated rings. The van der Waals surface area contributed by atoms with Gasteiger partial charge in [-0.15, -0.1) is 0 Å². The van der Waals surface area contributed by atoms with Crippen molar-refractivity contribution in [2.45, 2.75) is 12.8 Å². The van der Waals surface area contributed by atoms with E-state index in [1.54, 1.807) is 23.1 Å². The van der Waals surface area contributed by atoms with E-state index < -0.39 is 4.92 Å². The van der Waals surface area contributed by atoms with Crippen molar-refractivity contribution < 1.29 is 19.2 Å². The fraction of sp³-hybridized carbons (Fsp3) is 0.375. The Kier molecular flexibility index (Phi) is 5.46. The van der Waals surface area contributed by atoms with Crippen LogP contribution in [0, 0.1) is 16.0 Å². The molecule has 1 amide bonds. The molecule has 1 aromatic carbocycles. The summed E-state index contributed by atoms with van der Waals surface area (Å²) in [5.74, 6) is -0.493. The molecule has 0 spiro atoms. The highest BCUT2D eigenvalue weighted by molar-refractivity contribution is 5.92. The molecule has 1 aliphatic rings. The molecule has 1 saturated heterocycles. The smallest absolute Gasteiger partial charge is 0.308 e. The van der Waals surface area contributed by atoms with Crippen LogP contribution in [0.2, 0.25) is 0 Å². The number of methoxy groups -OCH3 is 1. The van der Waals surface area contributed by atoms with E-state index in [1.807, 2.05) is 0 Å². The number of likely N-dealkylation sites (tertiary alicyclic amines) is 1.